The van der Waals surface area contributed by atoms with Crippen molar-refractivity contribution in [3.8, 4) is 0 Å². The van der Waals surface area contributed by atoms with Gasteiger partial charge in [-0.3, -0.25) is 9.69 Å². The molecule has 0 saturated heterocycles. The van der Waals surface area contributed by atoms with Crippen LogP contribution in [0.15, 0.2) is 18.2 Å². The summed E-state index contributed by atoms with van der Waals surface area (Å²) in [5.74, 6) is -4.88. The lowest BCUT2D eigenvalue weighted by atomic mass is 10.0. The van der Waals surface area contributed by atoms with Gasteiger partial charge in [0.25, 0.3) is 0 Å². The number of Topliss-reactive ketones (excluding diaryl/α,β-unsaturated/α-hetero) is 1. The second-order valence-corrected chi connectivity index (χ2v) is 6.51. The minimum Gasteiger partial charge on any atom is -0.443 e. The molecule has 22 heavy (non-hydrogen) atoms. The van der Waals surface area contributed by atoms with Gasteiger partial charge in [0.1, 0.15) is 5.60 Å². The molecule has 0 unspecified atom stereocenters. The predicted molar refractivity (Wildman–Crippen MR) is 78.9 cm³/mol. The minimum atomic E-state index is -3.55. The molecule has 2 rings (SSSR count). The summed E-state index contributed by atoms with van der Waals surface area (Å²) in [6.07, 6.45) is -1.54. The van der Waals surface area contributed by atoms with Crippen LogP contribution in [0.5, 0.6) is 0 Å². The lowest BCUT2D eigenvalue weighted by Crippen LogP contribution is -2.38. The highest BCUT2D eigenvalue weighted by atomic mass is 35.5. The maximum atomic E-state index is 13.9. The van der Waals surface area contributed by atoms with Crippen molar-refractivity contribution in [2.75, 3.05) is 11.4 Å². The van der Waals surface area contributed by atoms with Crippen molar-refractivity contribution < 1.29 is 23.1 Å². The smallest absolute Gasteiger partial charge is 0.414 e. The van der Waals surface area contributed by atoms with Crippen LogP contribution in [0.1, 0.15) is 37.6 Å². The molecule has 4 nitrogen and oxygen atoms in total. The van der Waals surface area contributed by atoms with Gasteiger partial charge < -0.3 is 4.74 Å². The molecule has 1 aliphatic rings. The lowest BCUT2D eigenvalue weighted by Gasteiger charge is -2.27. The van der Waals surface area contributed by atoms with Crippen molar-refractivity contribution in [3.63, 3.8) is 0 Å². The van der Waals surface area contributed by atoms with E-state index in [1.807, 2.05) is 0 Å². The Bertz CT molecular complexity index is 626. The first-order chi connectivity index (χ1) is 10.0. The van der Waals surface area contributed by atoms with E-state index in [9.17, 15) is 18.4 Å². The van der Waals surface area contributed by atoms with Crippen molar-refractivity contribution in [2.45, 2.75) is 38.7 Å². The lowest BCUT2D eigenvalue weighted by molar-refractivity contribution is 0.00695. The summed E-state index contributed by atoms with van der Waals surface area (Å²) in [7, 11) is 0. The molecule has 0 aliphatic carbocycles. The highest BCUT2D eigenvalue weighted by molar-refractivity contribution is 6.31. The monoisotopic (exact) mass is 331 g/mol. The maximum Gasteiger partial charge on any atom is 0.414 e. The van der Waals surface area contributed by atoms with Gasteiger partial charge in [0.15, 0.2) is 0 Å². The highest BCUT2D eigenvalue weighted by Crippen LogP contribution is 2.36. The van der Waals surface area contributed by atoms with Gasteiger partial charge in [0.2, 0.25) is 5.78 Å². The maximum absolute atomic E-state index is 13.9. The SMILES string of the molecule is CC(C)(C)OC(=O)N1CCC(F)(F)C(=O)c2cc(Cl)ccc21. The zero-order chi connectivity index (χ0) is 16.7. The normalized spacial score (nSPS) is 17.7. The molecule has 0 atom stereocenters. The molecular formula is C15H16ClF2NO3. The number of halogens is 3. The molecule has 1 aliphatic heterocycles. The fourth-order valence-electron chi connectivity index (χ4n) is 2.12. The highest BCUT2D eigenvalue weighted by Gasteiger charge is 2.45. The number of alkyl halides is 2. The Morgan fingerprint density at radius 3 is 2.59 bits per heavy atom. The third kappa shape index (κ3) is 3.38. The van der Waals surface area contributed by atoms with Crippen LogP contribution in [0, 0.1) is 0 Å². The van der Waals surface area contributed by atoms with Crippen LogP contribution in [0.4, 0.5) is 19.3 Å². The molecule has 0 N–H and O–H groups in total. The van der Waals surface area contributed by atoms with E-state index in [0.717, 1.165) is 11.0 Å². The molecule has 1 heterocycles. The Hall–Kier alpha value is -1.69. The minimum absolute atomic E-state index is 0.0841. The number of benzene rings is 1. The zero-order valence-electron chi connectivity index (χ0n) is 12.5. The van der Waals surface area contributed by atoms with Gasteiger partial charge in [-0.1, -0.05) is 11.6 Å². The molecule has 0 fully saturated rings. The Morgan fingerprint density at radius 1 is 1.36 bits per heavy atom. The number of carbonyl (C=O) groups is 2. The number of nitrogens with zero attached hydrogens (tertiary/aromatic N) is 1. The number of ketones is 1. The predicted octanol–water partition coefficient (Wildman–Crippen LogP) is 4.30. The molecule has 7 heteroatoms. The molecule has 0 aromatic heterocycles. The van der Waals surface area contributed by atoms with Gasteiger partial charge in [-0.2, -0.15) is 8.78 Å². The first kappa shape index (κ1) is 16.7. The Labute approximate surface area is 132 Å². The van der Waals surface area contributed by atoms with Crippen molar-refractivity contribution in [3.05, 3.63) is 28.8 Å². The summed E-state index contributed by atoms with van der Waals surface area (Å²) in [5, 5.41) is 0.147. The third-order valence-electron chi connectivity index (χ3n) is 3.09. The van der Waals surface area contributed by atoms with Crippen LogP contribution < -0.4 is 4.90 Å². The second kappa shape index (κ2) is 5.50. The molecule has 1 aromatic rings. The Kier molecular flexibility index (Phi) is 4.17. The van der Waals surface area contributed by atoms with Crippen LogP contribution in [0.2, 0.25) is 5.02 Å². The molecule has 0 bridgehead atoms. The van der Waals surface area contributed by atoms with E-state index in [4.69, 9.17) is 16.3 Å². The van der Waals surface area contributed by atoms with Gasteiger partial charge in [-0.15, -0.1) is 0 Å². The number of fused-ring (bicyclic) bond motifs is 1. The molecule has 0 spiro atoms. The van der Waals surface area contributed by atoms with Gasteiger partial charge >= 0.3 is 12.0 Å². The van der Waals surface area contributed by atoms with Crippen LogP contribution in [0.3, 0.4) is 0 Å². The molecule has 1 aromatic carbocycles. The van der Waals surface area contributed by atoms with E-state index in [1.54, 1.807) is 20.8 Å². The summed E-state index contributed by atoms with van der Waals surface area (Å²) >= 11 is 5.79. The first-order valence-electron chi connectivity index (χ1n) is 6.74. The van der Waals surface area contributed by atoms with Gasteiger partial charge in [-0.25, -0.2) is 4.79 Å². The quantitative estimate of drug-likeness (QED) is 0.712. The van der Waals surface area contributed by atoms with E-state index in [1.165, 1.54) is 12.1 Å². The molecular weight excluding hydrogens is 316 g/mol. The summed E-state index contributed by atoms with van der Waals surface area (Å²) < 4.78 is 33.0. The van der Waals surface area contributed by atoms with Crippen LogP contribution in [0.25, 0.3) is 0 Å². The van der Waals surface area contributed by atoms with Crippen molar-refractivity contribution >= 4 is 29.2 Å². The fraction of sp³-hybridized carbons (Fsp3) is 0.467. The number of ether oxygens (including phenoxy) is 1. The fourth-order valence-corrected chi connectivity index (χ4v) is 2.29. The molecule has 120 valence electrons. The number of rotatable bonds is 0. The standard InChI is InChI=1S/C15H16ClF2NO3/c1-14(2,3)22-13(21)19-7-6-15(17,18)12(20)10-8-9(16)4-5-11(10)19/h4-5,8H,6-7H2,1-3H3. The molecule has 1 amide bonds. The van der Waals surface area contributed by atoms with E-state index >= 15 is 0 Å². The van der Waals surface area contributed by atoms with Gasteiger partial charge in [0.05, 0.1) is 5.69 Å². The van der Waals surface area contributed by atoms with Gasteiger partial charge in [-0.05, 0) is 39.0 Å². The average Bonchev–Trinajstić information content (AvgIpc) is 2.45. The summed E-state index contributed by atoms with van der Waals surface area (Å²) in [4.78, 5) is 25.3. The van der Waals surface area contributed by atoms with Crippen molar-refractivity contribution in [1.82, 2.24) is 0 Å². The van der Waals surface area contributed by atoms with E-state index in [-0.39, 0.29) is 22.8 Å². The average molecular weight is 332 g/mol. The van der Waals surface area contributed by atoms with Gasteiger partial charge in [0, 0.05) is 23.6 Å². The third-order valence-corrected chi connectivity index (χ3v) is 3.32. The first-order valence-corrected chi connectivity index (χ1v) is 7.12. The number of hydrogen-bond acceptors (Lipinski definition) is 3. The number of amides is 1. The number of anilines is 1. The molecule has 0 radical (unpaired) electrons. The van der Waals surface area contributed by atoms with Crippen molar-refractivity contribution in [2.24, 2.45) is 0 Å². The second-order valence-electron chi connectivity index (χ2n) is 6.08. The van der Waals surface area contributed by atoms with E-state index in [0.29, 0.717) is 0 Å². The topological polar surface area (TPSA) is 46.6 Å². The number of hydrogen-bond donors (Lipinski definition) is 0. The zero-order valence-corrected chi connectivity index (χ0v) is 13.2. The largest absolute Gasteiger partial charge is 0.443 e. The number of carbonyl (C=O) groups excluding carboxylic acids is 2. The van der Waals surface area contributed by atoms with Crippen LogP contribution >= 0.6 is 11.6 Å². The summed E-state index contributed by atoms with van der Waals surface area (Å²) in [5.41, 5.74) is -0.968. The summed E-state index contributed by atoms with van der Waals surface area (Å²) in [6.45, 7) is 4.70. The van der Waals surface area contributed by atoms with E-state index in [2.05, 4.69) is 0 Å². The Morgan fingerprint density at radius 2 is 2.00 bits per heavy atom. The summed E-state index contributed by atoms with van der Waals surface area (Å²) in [6, 6.07) is 3.96. The van der Waals surface area contributed by atoms with Crippen LogP contribution in [-0.2, 0) is 4.74 Å². The van der Waals surface area contributed by atoms with E-state index < -0.39 is 29.8 Å². The van der Waals surface area contributed by atoms with Crippen LogP contribution in [-0.4, -0.2) is 29.9 Å². The molecule has 0 saturated carbocycles. The van der Waals surface area contributed by atoms with Crippen molar-refractivity contribution in [1.29, 1.82) is 0 Å². The Balaban J connectivity index is 2.48.